The monoisotopic (exact) mass is 304 g/mol. The second-order valence-electron chi connectivity index (χ2n) is 4.09. The summed E-state index contributed by atoms with van der Waals surface area (Å²) < 4.78 is 2.81. The zero-order valence-corrected chi connectivity index (χ0v) is 11.8. The predicted molar refractivity (Wildman–Crippen MR) is 74.2 cm³/mol. The highest BCUT2D eigenvalue weighted by atomic mass is 79.9. The molecule has 4 nitrogen and oxygen atoms in total. The van der Waals surface area contributed by atoms with Crippen LogP contribution < -0.4 is 4.90 Å². The van der Waals surface area contributed by atoms with E-state index >= 15 is 0 Å². The van der Waals surface area contributed by atoms with E-state index in [9.17, 15) is 0 Å². The first-order valence-electron chi connectivity index (χ1n) is 5.49. The van der Waals surface area contributed by atoms with Gasteiger partial charge < -0.3 is 9.47 Å². The summed E-state index contributed by atoms with van der Waals surface area (Å²) in [5, 5.41) is 8.88. The summed E-state index contributed by atoms with van der Waals surface area (Å²) in [7, 11) is 3.98. The minimum atomic E-state index is 0.643. The van der Waals surface area contributed by atoms with Gasteiger partial charge in [0, 0.05) is 36.6 Å². The van der Waals surface area contributed by atoms with Gasteiger partial charge in [0.15, 0.2) is 0 Å². The summed E-state index contributed by atoms with van der Waals surface area (Å²) in [5.41, 5.74) is 1.69. The molecule has 0 saturated heterocycles. The Bertz CT molecular complexity index is 597. The Kier molecular flexibility index (Phi) is 3.68. The van der Waals surface area contributed by atoms with Gasteiger partial charge in [0.2, 0.25) is 0 Å². The second kappa shape index (κ2) is 5.23. The number of aromatic nitrogens is 2. The molecule has 0 saturated carbocycles. The molecule has 0 unspecified atom stereocenters. The Morgan fingerprint density at radius 3 is 2.83 bits per heavy atom. The van der Waals surface area contributed by atoms with Gasteiger partial charge in [-0.15, -0.1) is 0 Å². The Balaban J connectivity index is 2.19. The molecule has 0 aliphatic heterocycles. The third-order valence-corrected chi connectivity index (χ3v) is 3.47. The Morgan fingerprint density at radius 1 is 1.50 bits per heavy atom. The van der Waals surface area contributed by atoms with E-state index in [0.29, 0.717) is 5.56 Å². The van der Waals surface area contributed by atoms with Gasteiger partial charge >= 0.3 is 0 Å². The third-order valence-electron chi connectivity index (χ3n) is 2.81. The number of nitriles is 1. The minimum Gasteiger partial charge on any atom is -0.367 e. The summed E-state index contributed by atoms with van der Waals surface area (Å²) in [6.45, 7) is 0.724. The lowest BCUT2D eigenvalue weighted by molar-refractivity contribution is 0.761. The smallest absolute Gasteiger partial charge is 0.127 e. The van der Waals surface area contributed by atoms with Crippen molar-refractivity contribution >= 4 is 21.6 Å². The maximum atomic E-state index is 8.88. The first-order valence-corrected chi connectivity index (χ1v) is 6.28. The molecule has 92 valence electrons. The molecule has 0 N–H and O–H groups in total. The van der Waals surface area contributed by atoms with Crippen molar-refractivity contribution in [2.45, 2.75) is 6.54 Å². The van der Waals surface area contributed by atoms with Gasteiger partial charge in [-0.05, 0) is 34.1 Å². The van der Waals surface area contributed by atoms with Gasteiger partial charge in [-0.1, -0.05) is 0 Å². The molecule has 2 rings (SSSR count). The first-order chi connectivity index (χ1) is 8.61. The lowest BCUT2D eigenvalue weighted by atomic mass is 10.2. The normalized spacial score (nSPS) is 10.1. The average molecular weight is 305 g/mol. The van der Waals surface area contributed by atoms with Crippen molar-refractivity contribution in [3.8, 4) is 6.07 Å². The number of aryl methyl sites for hydroxylation is 1. The molecular formula is C13H13BrN4. The van der Waals surface area contributed by atoms with Crippen LogP contribution in [0.2, 0.25) is 0 Å². The molecule has 1 aromatic heterocycles. The third kappa shape index (κ3) is 2.54. The molecule has 0 fully saturated rings. The van der Waals surface area contributed by atoms with Crippen LogP contribution in [0, 0.1) is 11.3 Å². The van der Waals surface area contributed by atoms with E-state index in [1.807, 2.05) is 43.1 Å². The Labute approximate surface area is 115 Å². The topological polar surface area (TPSA) is 44.9 Å². The van der Waals surface area contributed by atoms with E-state index in [1.54, 1.807) is 6.20 Å². The number of benzene rings is 1. The van der Waals surface area contributed by atoms with Crippen LogP contribution >= 0.6 is 15.9 Å². The van der Waals surface area contributed by atoms with Gasteiger partial charge in [-0.2, -0.15) is 5.26 Å². The number of anilines is 1. The number of nitrogens with zero attached hydrogens (tertiary/aromatic N) is 4. The average Bonchev–Trinajstić information content (AvgIpc) is 2.75. The fourth-order valence-corrected chi connectivity index (χ4v) is 2.14. The zero-order chi connectivity index (χ0) is 13.1. The largest absolute Gasteiger partial charge is 0.367 e. The van der Waals surface area contributed by atoms with Gasteiger partial charge in [-0.25, -0.2) is 4.98 Å². The van der Waals surface area contributed by atoms with E-state index < -0.39 is 0 Å². The molecule has 1 heterocycles. The van der Waals surface area contributed by atoms with Gasteiger partial charge in [0.25, 0.3) is 0 Å². The second-order valence-corrected chi connectivity index (χ2v) is 4.94. The summed E-state index contributed by atoms with van der Waals surface area (Å²) in [6.07, 6.45) is 3.72. The predicted octanol–water partition coefficient (Wildman–Crippen LogP) is 2.69. The highest BCUT2D eigenvalue weighted by Crippen LogP contribution is 2.23. The van der Waals surface area contributed by atoms with Crippen molar-refractivity contribution in [1.29, 1.82) is 5.26 Å². The Hall–Kier alpha value is -1.80. The zero-order valence-electron chi connectivity index (χ0n) is 10.3. The highest BCUT2D eigenvalue weighted by molar-refractivity contribution is 9.10. The van der Waals surface area contributed by atoms with E-state index in [2.05, 4.69) is 31.9 Å². The van der Waals surface area contributed by atoms with Crippen LogP contribution in [-0.4, -0.2) is 16.6 Å². The number of halogens is 1. The van der Waals surface area contributed by atoms with Crippen molar-refractivity contribution in [1.82, 2.24) is 9.55 Å². The van der Waals surface area contributed by atoms with Crippen LogP contribution in [0.25, 0.3) is 0 Å². The van der Waals surface area contributed by atoms with Crippen molar-refractivity contribution in [3.63, 3.8) is 0 Å². The number of imidazole rings is 1. The lowest BCUT2D eigenvalue weighted by Crippen LogP contribution is -2.18. The Morgan fingerprint density at radius 2 is 2.28 bits per heavy atom. The molecule has 0 aliphatic carbocycles. The molecule has 0 amide bonds. The van der Waals surface area contributed by atoms with Crippen molar-refractivity contribution in [2.75, 3.05) is 11.9 Å². The van der Waals surface area contributed by atoms with Crippen LogP contribution in [-0.2, 0) is 13.6 Å². The van der Waals surface area contributed by atoms with E-state index in [-0.39, 0.29) is 0 Å². The number of rotatable bonds is 3. The summed E-state index contributed by atoms with van der Waals surface area (Å²) >= 11 is 3.40. The molecule has 0 aliphatic rings. The fraction of sp³-hybridized carbons (Fsp3) is 0.231. The van der Waals surface area contributed by atoms with Gasteiger partial charge in [0.1, 0.15) is 11.9 Å². The van der Waals surface area contributed by atoms with Crippen LogP contribution in [0.15, 0.2) is 35.1 Å². The van der Waals surface area contributed by atoms with Crippen molar-refractivity contribution < 1.29 is 0 Å². The molecule has 0 bridgehead atoms. The maximum Gasteiger partial charge on any atom is 0.127 e. The molecule has 2 aromatic rings. The van der Waals surface area contributed by atoms with Crippen LogP contribution in [0.3, 0.4) is 0 Å². The molecule has 5 heteroatoms. The number of hydrogen-bond donors (Lipinski definition) is 0. The molecule has 0 radical (unpaired) electrons. The SMILES string of the molecule is CN(Cc1nccn1C)c1ccc(C#N)c(Br)c1. The molecule has 0 atom stereocenters. The van der Waals surface area contributed by atoms with E-state index in [1.165, 1.54) is 0 Å². The quantitative estimate of drug-likeness (QED) is 0.876. The van der Waals surface area contributed by atoms with Crippen LogP contribution in [0.4, 0.5) is 5.69 Å². The lowest BCUT2D eigenvalue weighted by Gasteiger charge is -2.19. The van der Waals surface area contributed by atoms with Crippen LogP contribution in [0.1, 0.15) is 11.4 Å². The summed E-state index contributed by atoms with van der Waals surface area (Å²) in [5.74, 6) is 0.998. The van der Waals surface area contributed by atoms with Crippen LogP contribution in [0.5, 0.6) is 0 Å². The molecule has 18 heavy (non-hydrogen) atoms. The molecular weight excluding hydrogens is 292 g/mol. The highest BCUT2D eigenvalue weighted by Gasteiger charge is 2.07. The minimum absolute atomic E-state index is 0.643. The van der Waals surface area contributed by atoms with E-state index in [0.717, 1.165) is 22.5 Å². The van der Waals surface area contributed by atoms with E-state index in [4.69, 9.17) is 5.26 Å². The summed E-state index contributed by atoms with van der Waals surface area (Å²) in [4.78, 5) is 6.39. The fourth-order valence-electron chi connectivity index (χ4n) is 1.68. The number of hydrogen-bond acceptors (Lipinski definition) is 3. The van der Waals surface area contributed by atoms with Crippen molar-refractivity contribution in [3.05, 3.63) is 46.5 Å². The summed E-state index contributed by atoms with van der Waals surface area (Å²) in [6, 6.07) is 7.83. The van der Waals surface area contributed by atoms with Gasteiger partial charge in [-0.3, -0.25) is 0 Å². The van der Waals surface area contributed by atoms with Crippen molar-refractivity contribution in [2.24, 2.45) is 7.05 Å². The maximum absolute atomic E-state index is 8.88. The standard InChI is InChI=1S/C13H13BrN4/c1-17-6-5-16-13(17)9-18(2)11-4-3-10(8-15)12(14)7-11/h3-7H,9H2,1-2H3. The first kappa shape index (κ1) is 12.7. The molecule has 1 aromatic carbocycles. The molecule has 0 spiro atoms. The van der Waals surface area contributed by atoms with Gasteiger partial charge in [0.05, 0.1) is 12.1 Å².